The van der Waals surface area contributed by atoms with Gasteiger partial charge >= 0.3 is 0 Å². The van der Waals surface area contributed by atoms with Crippen LogP contribution in [0.15, 0.2) is 151 Å². The minimum Gasteiger partial charge on any atom is -0.268 e. The second kappa shape index (κ2) is 18.0. The number of aromatic nitrogens is 2. The summed E-state index contributed by atoms with van der Waals surface area (Å²) in [6.07, 6.45) is 0. The highest BCUT2D eigenvalue weighted by atomic mass is 16.2. The molecular weight excluding hydrogens is 921 g/mol. The number of rotatable bonds is 10. The van der Waals surface area contributed by atoms with Crippen LogP contribution in [-0.4, -0.2) is 9.13 Å². The first-order valence-corrected chi connectivity index (χ1v) is 25.1. The van der Waals surface area contributed by atoms with Crippen LogP contribution < -0.4 is 22.2 Å². The van der Waals surface area contributed by atoms with Crippen molar-refractivity contribution < 1.29 is 0 Å². The maximum Gasteiger partial charge on any atom is 0.266 e. The fourth-order valence-corrected chi connectivity index (χ4v) is 11.2. The summed E-state index contributed by atoms with van der Waals surface area (Å²) < 4.78 is 2.70. The predicted octanol–water partition coefficient (Wildman–Crippen LogP) is 15.5. The molecule has 0 fully saturated rings. The van der Waals surface area contributed by atoms with Crippen LogP contribution in [0.5, 0.6) is 0 Å². The zero-order chi connectivity index (χ0) is 52.0. The van der Waals surface area contributed by atoms with Crippen molar-refractivity contribution in [1.82, 2.24) is 9.13 Å². The Morgan fingerprint density at radius 3 is 0.784 bits per heavy atom. The maximum atomic E-state index is 14.4. The zero-order valence-electron chi connectivity index (χ0n) is 42.5. The van der Waals surface area contributed by atoms with Gasteiger partial charge in [0.1, 0.15) is 0 Å². The third-order valence-corrected chi connectivity index (χ3v) is 14.9. The van der Waals surface area contributed by atoms with Crippen molar-refractivity contribution in [2.75, 3.05) is 0 Å². The number of hydrogen-bond donors (Lipinski definition) is 0. The summed E-state index contributed by atoms with van der Waals surface area (Å²) in [5.74, 6) is -0.0578. The van der Waals surface area contributed by atoms with Gasteiger partial charge in [0, 0.05) is 9.82 Å². The van der Waals surface area contributed by atoms with E-state index in [0.29, 0.717) is 32.9 Å². The number of azide groups is 2. The van der Waals surface area contributed by atoms with Gasteiger partial charge in [-0.05, 0) is 206 Å². The first kappa shape index (κ1) is 47.5. The third-order valence-electron chi connectivity index (χ3n) is 14.9. The van der Waals surface area contributed by atoms with Crippen LogP contribution in [0.3, 0.4) is 0 Å². The van der Waals surface area contributed by atoms with Gasteiger partial charge in [-0.3, -0.25) is 19.2 Å². The lowest BCUT2D eigenvalue weighted by atomic mass is 9.90. The van der Waals surface area contributed by atoms with E-state index in [0.717, 1.165) is 98.0 Å². The molecule has 0 atom stereocenters. The second-order valence-electron chi connectivity index (χ2n) is 21.1. The van der Waals surface area contributed by atoms with Crippen molar-refractivity contribution in [3.8, 4) is 11.4 Å². The van der Waals surface area contributed by atoms with Gasteiger partial charge in [0.2, 0.25) is 0 Å². The van der Waals surface area contributed by atoms with Crippen LogP contribution in [0.1, 0.15) is 112 Å². The largest absolute Gasteiger partial charge is 0.268 e. The van der Waals surface area contributed by atoms with Crippen molar-refractivity contribution in [3.63, 3.8) is 0 Å². The summed E-state index contributed by atoms with van der Waals surface area (Å²) in [6, 6.07) is 40.7. The molecule has 12 nitrogen and oxygen atoms in total. The van der Waals surface area contributed by atoms with Crippen molar-refractivity contribution in [2.24, 2.45) is 10.2 Å². The molecule has 0 radical (unpaired) electrons. The van der Waals surface area contributed by atoms with E-state index >= 15 is 0 Å². The SMILES string of the molecule is CC(C)c1cc(CN=[N+]=[N-])cc(C(C)C)c1-n1c(=O)c2cc3cc4cc5ccc6cc7cc8cc9c(=O)n(-c%10c(C(C)C)cc(CN=[N+]=[N-])cc%10C(C)C)c(=O)c9cc8cc7cc6ccc5cc4cc3cc2c1=O. The van der Waals surface area contributed by atoms with Gasteiger partial charge in [0.15, 0.2) is 0 Å². The van der Waals surface area contributed by atoms with E-state index < -0.39 is 0 Å². The average molecular weight is 973 g/mol. The first-order chi connectivity index (χ1) is 35.5. The minimum atomic E-state index is -0.355. The third kappa shape index (κ3) is 7.78. The Bertz CT molecular complexity index is 4060. The molecule has 9 aromatic carbocycles. The Kier molecular flexibility index (Phi) is 11.6. The van der Waals surface area contributed by atoms with Gasteiger partial charge in [0.25, 0.3) is 22.2 Å². The Morgan fingerprint density at radius 2 is 0.568 bits per heavy atom. The topological polar surface area (TPSA) is 176 Å². The summed E-state index contributed by atoms with van der Waals surface area (Å²) in [5, 5.41) is 20.6. The summed E-state index contributed by atoms with van der Waals surface area (Å²) in [7, 11) is 0. The molecule has 11 rings (SSSR count). The van der Waals surface area contributed by atoms with Crippen LogP contribution >= 0.6 is 0 Å². The highest BCUT2D eigenvalue weighted by Gasteiger charge is 2.26. The zero-order valence-corrected chi connectivity index (χ0v) is 42.5. The average Bonchev–Trinajstić information content (AvgIpc) is 3.75. The molecule has 74 heavy (non-hydrogen) atoms. The molecule has 0 bridgehead atoms. The molecule has 0 amide bonds. The molecule has 2 aromatic heterocycles. The molecule has 0 N–H and O–H groups in total. The van der Waals surface area contributed by atoms with Crippen LogP contribution in [0, 0.1) is 0 Å². The summed E-state index contributed by atoms with van der Waals surface area (Å²) in [4.78, 5) is 63.6. The Labute approximate surface area is 424 Å². The fraction of sp³-hybridized carbons (Fsp3) is 0.226. The Morgan fingerprint density at radius 1 is 0.351 bits per heavy atom. The quantitative estimate of drug-likeness (QED) is 0.0574. The summed E-state index contributed by atoms with van der Waals surface area (Å²) in [5.41, 5.74) is 22.9. The number of benzene rings is 8. The van der Waals surface area contributed by atoms with Crippen molar-refractivity contribution in [1.29, 1.82) is 0 Å². The van der Waals surface area contributed by atoms with E-state index in [4.69, 9.17) is 11.1 Å². The van der Waals surface area contributed by atoms with Crippen molar-refractivity contribution in [2.45, 2.75) is 92.2 Å². The highest BCUT2D eigenvalue weighted by molar-refractivity contribution is 6.10. The van der Waals surface area contributed by atoms with Gasteiger partial charge in [-0.15, -0.1) is 0 Å². The second-order valence-corrected chi connectivity index (χ2v) is 21.1. The lowest BCUT2D eigenvalue weighted by Gasteiger charge is -2.21. The summed E-state index contributed by atoms with van der Waals surface area (Å²) >= 11 is 0. The Balaban J connectivity index is 1.02. The van der Waals surface area contributed by atoms with E-state index in [-0.39, 0.29) is 59.0 Å². The minimum absolute atomic E-state index is 0.0145. The first-order valence-electron chi connectivity index (χ1n) is 25.1. The van der Waals surface area contributed by atoms with Gasteiger partial charge in [-0.1, -0.05) is 114 Å². The summed E-state index contributed by atoms with van der Waals surface area (Å²) in [6.45, 7) is 16.6. The molecule has 0 aliphatic heterocycles. The van der Waals surface area contributed by atoms with Gasteiger partial charge in [-0.25, -0.2) is 9.13 Å². The molecule has 0 aliphatic rings. The molecular formula is C62H52N8O4. The normalized spacial score (nSPS) is 12.1. The molecule has 12 heteroatoms. The molecule has 364 valence electrons. The lowest BCUT2D eigenvalue weighted by molar-refractivity contribution is 0.789. The molecule has 0 spiro atoms. The number of fused-ring (bicyclic) bond motifs is 8. The van der Waals surface area contributed by atoms with Crippen LogP contribution in [-0.2, 0) is 13.1 Å². The van der Waals surface area contributed by atoms with Gasteiger partial charge in [0.05, 0.1) is 46.0 Å². The number of hydrogen-bond acceptors (Lipinski definition) is 6. The Hall–Kier alpha value is -8.82. The van der Waals surface area contributed by atoms with Gasteiger partial charge < -0.3 is 0 Å². The van der Waals surface area contributed by atoms with Crippen molar-refractivity contribution >= 4 is 86.2 Å². The van der Waals surface area contributed by atoms with E-state index in [2.05, 4.69) is 92.8 Å². The maximum absolute atomic E-state index is 14.4. The van der Waals surface area contributed by atoms with Crippen LogP contribution in [0.2, 0.25) is 0 Å². The number of nitrogens with zero attached hydrogens (tertiary/aromatic N) is 8. The smallest absolute Gasteiger partial charge is 0.266 e. The van der Waals surface area contributed by atoms with E-state index in [1.54, 1.807) is 0 Å². The lowest BCUT2D eigenvalue weighted by Crippen LogP contribution is -2.26. The van der Waals surface area contributed by atoms with Crippen LogP contribution in [0.4, 0.5) is 0 Å². The van der Waals surface area contributed by atoms with Gasteiger partial charge in [-0.2, -0.15) is 0 Å². The monoisotopic (exact) mass is 972 g/mol. The van der Waals surface area contributed by atoms with Crippen molar-refractivity contribution in [3.05, 3.63) is 217 Å². The molecule has 0 unspecified atom stereocenters. The van der Waals surface area contributed by atoms with E-state index in [1.807, 2.05) is 104 Å². The van der Waals surface area contributed by atoms with E-state index in [9.17, 15) is 19.2 Å². The molecule has 0 saturated carbocycles. The molecule has 0 saturated heterocycles. The van der Waals surface area contributed by atoms with Crippen LogP contribution in [0.25, 0.3) is 118 Å². The fourth-order valence-electron chi connectivity index (χ4n) is 11.2. The molecule has 11 aromatic rings. The highest BCUT2D eigenvalue weighted by Crippen LogP contribution is 2.37. The molecule has 2 heterocycles. The standard InChI is InChI=1S/C62H52N8O4/c1-31(2)49-13-35(29-65-67-63)14-50(32(3)4)57(49)69-59(71)53-25-45-21-41-17-37-9-11-39-19-43-23-47-27-55-56(62(74)70(61(55)73)58-51(33(5)6)15-36(30-66-68-64)16-52(58)34(7)8)28-48(47)24-44(43)20-40(39)12-10-38(37)18-42(41)22-46(45)26-54(53)60(69)72/h9-28,31-34H,29-30H2,1-8H3. The molecule has 0 aliphatic carbocycles. The van der Waals surface area contributed by atoms with E-state index in [1.165, 1.54) is 9.13 Å². The predicted molar refractivity (Wildman–Crippen MR) is 303 cm³/mol.